The second-order valence-electron chi connectivity index (χ2n) is 22.3. The van der Waals surface area contributed by atoms with E-state index in [9.17, 15) is 192 Å². The van der Waals surface area contributed by atoms with Gasteiger partial charge in [-0.25, -0.2) is 24.1 Å². The number of nitrogens with zero attached hydrogens (tertiary/aromatic N) is 8. The number of aliphatic hydroxyl groups is 16. The lowest BCUT2D eigenvalue weighted by Crippen LogP contribution is -2.69. The number of methoxy groups -OCH3 is 1. The lowest BCUT2D eigenvalue weighted by atomic mass is 9.88. The van der Waals surface area contributed by atoms with E-state index in [1.54, 1.807) is 0 Å². The molecule has 1 atom stereocenters. The molecule has 6 aromatic rings. The molecule has 1 unspecified atom stereocenters. The van der Waals surface area contributed by atoms with E-state index in [1.165, 1.54) is 0 Å². The quantitative estimate of drug-likeness (QED) is 0.0307. The van der Waals surface area contributed by atoms with Gasteiger partial charge in [0.1, 0.15) is 34.1 Å². The van der Waals surface area contributed by atoms with Crippen LogP contribution in [0.3, 0.4) is 0 Å². The van der Waals surface area contributed by atoms with Gasteiger partial charge in [-0.3, -0.25) is 33.7 Å². The van der Waals surface area contributed by atoms with Crippen LogP contribution in [0.1, 0.15) is 65.9 Å². The van der Waals surface area contributed by atoms with E-state index < -0.39 is 305 Å². The van der Waals surface area contributed by atoms with Crippen LogP contribution in [0.25, 0.3) is 11.4 Å². The number of ether oxygens (including phenoxy) is 2. The summed E-state index contributed by atoms with van der Waals surface area (Å²) in [7, 11) is 0.761. The zero-order chi connectivity index (χ0) is 75.5. The average molecular weight is 1430 g/mol. The molecule has 6 heterocycles. The number of piperidine rings is 2. The Morgan fingerprint density at radius 3 is 1.11 bits per heavy atom. The number of hydrogen-bond donors (Lipinski definition) is 34. The maximum atomic E-state index is 14.7. The summed E-state index contributed by atoms with van der Waals surface area (Å²) in [4.78, 5) is 78.5. The molecule has 10 rings (SSSR count). The summed E-state index contributed by atoms with van der Waals surface area (Å²) in [6.45, 7) is -3.61. The van der Waals surface area contributed by atoms with Gasteiger partial charge in [-0.2, -0.15) is 10.2 Å². The van der Waals surface area contributed by atoms with Gasteiger partial charge >= 0.3 is 11.8 Å². The molecular weight excluding hydrogens is 1380 g/mol. The predicted octanol–water partition coefficient (Wildman–Crippen LogP) is -11.7. The summed E-state index contributed by atoms with van der Waals surface area (Å²) in [5, 5.41) is 363. The molecule has 2 saturated heterocycles. The molecule has 100 heavy (non-hydrogen) atoms. The molecule has 538 valence electrons. The third-order valence-corrected chi connectivity index (χ3v) is 16.3. The Kier molecular flexibility index (Phi) is 15.2. The molecule has 0 spiro atoms. The normalized spacial score (nSPS) is 19.9. The number of fused-ring (bicyclic) bond motifs is 2. The van der Waals surface area contributed by atoms with Crippen molar-refractivity contribution in [3.05, 3.63) is 33.9 Å². The van der Waals surface area contributed by atoms with Crippen LogP contribution < -0.4 is 40.5 Å². The lowest BCUT2D eigenvalue weighted by Gasteiger charge is -2.48. The van der Waals surface area contributed by atoms with Crippen molar-refractivity contribution in [3.63, 3.8) is 0 Å². The van der Waals surface area contributed by atoms with Gasteiger partial charge < -0.3 is 184 Å². The molecule has 2 fully saturated rings. The van der Waals surface area contributed by atoms with Gasteiger partial charge in [0, 0.05) is 6.42 Å². The number of amides is 6. The summed E-state index contributed by atoms with van der Waals surface area (Å²) in [6.07, 6.45) is -3.51. The number of nitrogens with two attached hydrogens (primary N) is 2. The predicted molar refractivity (Wildman–Crippen MR) is 297 cm³/mol. The molecule has 2 aromatic heterocycles. The van der Waals surface area contributed by atoms with Crippen LogP contribution in [0.5, 0.6) is 103 Å². The Morgan fingerprint density at radius 1 is 0.450 bits per heavy atom. The highest BCUT2D eigenvalue weighted by atomic mass is 16.6. The maximum absolute atomic E-state index is 14.7. The van der Waals surface area contributed by atoms with Crippen molar-refractivity contribution in [3.8, 4) is 115 Å². The van der Waals surface area contributed by atoms with Crippen LogP contribution in [0, 0.1) is 5.92 Å². The standard InChI is InChI=1S/C50H48N10O40/c1-99-36-32(74)28(70)18(29(71)33(36)75)59-12-8(10(53-59)38(51)78)47(91,92)50(97,98)57(41(12)81)16-24(66)26(68)17(27(69)25(16)67)58-42(82)43(83,84)2-6(48(58,93)94)4-100-37-34(76)30(72)19(31(73)35(37)77)60-13-9(11(54-60)39(52)79)46(89,90)49(95,96)56(40(13)80)15-22(64)20(62)14(21(63)23(15)65)55-5-45(87,88)44(85,86)3-7(55)61/h6,62-77,83-98H,2-5H2,1H3,(H2,51,78)(H2,52,79). The highest BCUT2D eigenvalue weighted by Gasteiger charge is 2.69. The lowest BCUT2D eigenvalue weighted by molar-refractivity contribution is -0.364. The van der Waals surface area contributed by atoms with Crippen molar-refractivity contribution >= 4 is 58.2 Å². The summed E-state index contributed by atoms with van der Waals surface area (Å²) in [5.41, 5.74) is -11.6. The first-order valence-corrected chi connectivity index (χ1v) is 26.6. The highest BCUT2D eigenvalue weighted by Crippen LogP contribution is 2.64. The number of β-amino-alcohol motifs (C(OH)–C–C–N with tert-alkyl or cyclic N) is 2. The summed E-state index contributed by atoms with van der Waals surface area (Å²) < 4.78 is 9.13. The van der Waals surface area contributed by atoms with Gasteiger partial charge in [0.15, 0.2) is 91.8 Å². The molecule has 50 nitrogen and oxygen atoms in total. The van der Waals surface area contributed by atoms with Crippen molar-refractivity contribution in [2.24, 2.45) is 17.4 Å². The number of hydrogen-bond acceptors (Lipinski definition) is 42. The molecule has 0 saturated carbocycles. The van der Waals surface area contributed by atoms with Crippen molar-refractivity contribution in [1.29, 1.82) is 0 Å². The van der Waals surface area contributed by atoms with E-state index >= 15 is 0 Å². The van der Waals surface area contributed by atoms with Gasteiger partial charge in [0.2, 0.25) is 57.8 Å². The Hall–Kier alpha value is -12.1. The summed E-state index contributed by atoms with van der Waals surface area (Å²) >= 11 is 0. The zero-order valence-corrected chi connectivity index (χ0v) is 48.7. The maximum Gasteiger partial charge on any atom is 0.315 e. The van der Waals surface area contributed by atoms with Crippen molar-refractivity contribution in [2.45, 2.75) is 59.5 Å². The van der Waals surface area contributed by atoms with Crippen molar-refractivity contribution in [1.82, 2.24) is 19.6 Å². The van der Waals surface area contributed by atoms with E-state index in [-0.39, 0.29) is 9.58 Å². The van der Waals surface area contributed by atoms with Gasteiger partial charge in [0.25, 0.3) is 47.0 Å². The summed E-state index contributed by atoms with van der Waals surface area (Å²) in [5.74, 6) is -86.6. The van der Waals surface area contributed by atoms with Crippen LogP contribution in [-0.2, 0) is 21.2 Å². The van der Waals surface area contributed by atoms with Gasteiger partial charge in [-0.1, -0.05) is 0 Å². The molecule has 0 radical (unpaired) electrons. The van der Waals surface area contributed by atoms with Crippen molar-refractivity contribution in [2.75, 3.05) is 39.9 Å². The first-order valence-electron chi connectivity index (χ1n) is 26.6. The topological polar surface area (TPSA) is 869 Å². The van der Waals surface area contributed by atoms with E-state index in [2.05, 4.69) is 14.9 Å². The first-order chi connectivity index (χ1) is 45.6. The number of carbonyl (C=O) groups excluding carboxylic acids is 6. The average Bonchev–Trinajstić information content (AvgIpc) is 1.40. The number of primary amides is 2. The molecule has 4 aliphatic rings. The minimum atomic E-state index is -4.97. The monoisotopic (exact) mass is 1430 g/mol. The number of aromatic hydroxyl groups is 16. The molecule has 0 aliphatic carbocycles. The number of phenols is 16. The molecule has 0 bridgehead atoms. The van der Waals surface area contributed by atoms with E-state index in [0.717, 1.165) is 7.11 Å². The van der Waals surface area contributed by atoms with Gasteiger partial charge in [-0.15, -0.1) is 0 Å². The number of anilines is 4. The largest absolute Gasteiger partial charge is 0.503 e. The van der Waals surface area contributed by atoms with Crippen LogP contribution in [0.2, 0.25) is 0 Å². The number of carbonyl (C=O) groups is 6. The van der Waals surface area contributed by atoms with Crippen LogP contribution >= 0.6 is 0 Å². The molecule has 4 aliphatic heterocycles. The number of benzene rings is 4. The molecule has 4 aromatic carbocycles. The SMILES string of the molecule is COc1c(O)c(O)c(-n2nc(C(N)=O)c3c2C(=O)N(c2c(O)c(O)c(N4C(=O)C(O)(O)CC(COc5c(O)c(O)c(-n6nc(C(N)=O)c7c6C(=O)N(c6c(O)c(O)c(N8CC(O)(O)C(O)(O)CC8=O)c(O)c6O)C(O)(O)C7(O)O)c(O)c5O)C4(O)O)c(O)c2O)C(O)(O)C3(O)O)c(O)c1O. The third kappa shape index (κ3) is 8.95. The Morgan fingerprint density at radius 2 is 0.770 bits per heavy atom. The Labute approximate surface area is 544 Å². The molecule has 6 amide bonds. The minimum Gasteiger partial charge on any atom is -0.503 e. The van der Waals surface area contributed by atoms with E-state index in [1.807, 2.05) is 0 Å². The van der Waals surface area contributed by atoms with Gasteiger partial charge in [-0.05, 0) is 0 Å². The number of aromatic nitrogens is 4. The summed E-state index contributed by atoms with van der Waals surface area (Å²) in [6, 6.07) is 0. The number of rotatable bonds is 12. The first kappa shape index (κ1) is 70.7. The second kappa shape index (κ2) is 21.4. The molecule has 36 N–H and O–H groups in total. The fourth-order valence-corrected chi connectivity index (χ4v) is 11.3. The van der Waals surface area contributed by atoms with Crippen LogP contribution in [-0.4, -0.2) is 274 Å². The van der Waals surface area contributed by atoms with Crippen LogP contribution in [0.15, 0.2) is 0 Å². The fraction of sp³-hybridized carbons (Fsp3) is 0.280. The Balaban J connectivity index is 1.04. The van der Waals surface area contributed by atoms with Crippen molar-refractivity contribution < 1.29 is 202 Å². The smallest absolute Gasteiger partial charge is 0.315 e. The van der Waals surface area contributed by atoms with Gasteiger partial charge in [0.05, 0.1) is 43.7 Å². The fourth-order valence-electron chi connectivity index (χ4n) is 11.3. The third-order valence-electron chi connectivity index (χ3n) is 16.3. The molecule has 50 heteroatoms. The van der Waals surface area contributed by atoms with E-state index in [0.29, 0.717) is 0 Å². The molecular formula is C50H48N10O40. The van der Waals surface area contributed by atoms with E-state index in [4.69, 9.17) is 16.2 Å². The zero-order valence-electron chi connectivity index (χ0n) is 48.7. The Bertz CT molecular complexity index is 4580. The number of phenolic OH excluding ortho intramolecular Hbond substituents is 16. The second-order valence-corrected chi connectivity index (χ2v) is 22.3. The van der Waals surface area contributed by atoms with Crippen LogP contribution in [0.4, 0.5) is 22.7 Å². The minimum absolute atomic E-state index is 0.127. The highest BCUT2D eigenvalue weighted by molar-refractivity contribution is 6.16.